The van der Waals surface area contributed by atoms with Crippen LogP contribution in [-0.2, 0) is 11.2 Å². The van der Waals surface area contributed by atoms with Crippen LogP contribution in [0.5, 0.6) is 5.75 Å². The van der Waals surface area contributed by atoms with E-state index in [1.54, 1.807) is 7.11 Å². The molecule has 0 amide bonds. The summed E-state index contributed by atoms with van der Waals surface area (Å²) in [7, 11) is 1.67. The molecule has 0 spiro atoms. The summed E-state index contributed by atoms with van der Waals surface area (Å²) in [6, 6.07) is 5.95. The van der Waals surface area contributed by atoms with Gasteiger partial charge in [0.25, 0.3) is 0 Å². The lowest BCUT2D eigenvalue weighted by Gasteiger charge is -2.08. The molecule has 0 atom stereocenters. The van der Waals surface area contributed by atoms with Crippen molar-refractivity contribution in [3.8, 4) is 5.75 Å². The van der Waals surface area contributed by atoms with Crippen LogP contribution in [0, 0.1) is 0 Å². The molecule has 1 aromatic carbocycles. The highest BCUT2D eigenvalue weighted by Crippen LogP contribution is 2.24. The number of halogens is 1. The van der Waals surface area contributed by atoms with Crippen molar-refractivity contribution < 1.29 is 9.53 Å². The fourth-order valence-electron chi connectivity index (χ4n) is 1.60. The molecular formula is C13H17BrO2. The van der Waals surface area contributed by atoms with Crippen LogP contribution in [0.1, 0.15) is 31.7 Å². The molecule has 0 saturated heterocycles. The molecule has 0 N–H and O–H groups in total. The second-order valence-electron chi connectivity index (χ2n) is 3.70. The fraction of sp³-hybridized carbons (Fsp3) is 0.462. The van der Waals surface area contributed by atoms with Gasteiger partial charge >= 0.3 is 0 Å². The van der Waals surface area contributed by atoms with Gasteiger partial charge < -0.3 is 4.74 Å². The third-order valence-electron chi connectivity index (χ3n) is 2.54. The molecule has 3 heteroatoms. The van der Waals surface area contributed by atoms with Crippen LogP contribution in [0.15, 0.2) is 22.7 Å². The number of methoxy groups -OCH3 is 1. The normalized spacial score (nSPS) is 10.2. The van der Waals surface area contributed by atoms with Gasteiger partial charge in [-0.25, -0.2) is 0 Å². The summed E-state index contributed by atoms with van der Waals surface area (Å²) >= 11 is 3.44. The van der Waals surface area contributed by atoms with Crippen molar-refractivity contribution in [2.24, 2.45) is 0 Å². The first-order chi connectivity index (χ1) is 7.67. The van der Waals surface area contributed by atoms with E-state index in [2.05, 4.69) is 22.0 Å². The topological polar surface area (TPSA) is 26.3 Å². The number of aryl methyl sites for hydroxylation is 1. The smallest absolute Gasteiger partial charge is 0.132 e. The molecule has 1 rings (SSSR count). The average molecular weight is 285 g/mol. The van der Waals surface area contributed by atoms with Crippen LogP contribution in [-0.4, -0.2) is 12.9 Å². The number of carbonyl (C=O) groups excluding carboxylic acids is 1. The lowest BCUT2D eigenvalue weighted by molar-refractivity contribution is -0.118. The van der Waals surface area contributed by atoms with E-state index in [1.165, 1.54) is 0 Å². The number of ketones is 1. The SMILES string of the molecule is CCC(=O)CCCc1cc(Br)ccc1OC. The van der Waals surface area contributed by atoms with Crippen molar-refractivity contribution in [3.63, 3.8) is 0 Å². The summed E-state index contributed by atoms with van der Waals surface area (Å²) in [5.41, 5.74) is 1.15. The molecular weight excluding hydrogens is 268 g/mol. The predicted molar refractivity (Wildman–Crippen MR) is 68.9 cm³/mol. The second-order valence-corrected chi connectivity index (χ2v) is 4.62. The first-order valence-corrected chi connectivity index (χ1v) is 6.30. The largest absolute Gasteiger partial charge is 0.496 e. The molecule has 1 aromatic rings. The van der Waals surface area contributed by atoms with Gasteiger partial charge in [0, 0.05) is 17.3 Å². The van der Waals surface area contributed by atoms with Crippen LogP contribution in [0.2, 0.25) is 0 Å². The number of hydrogen-bond acceptors (Lipinski definition) is 2. The number of benzene rings is 1. The summed E-state index contributed by atoms with van der Waals surface area (Å²) in [5.74, 6) is 1.22. The monoisotopic (exact) mass is 284 g/mol. The van der Waals surface area contributed by atoms with Crippen LogP contribution in [0.3, 0.4) is 0 Å². The van der Waals surface area contributed by atoms with Crippen LogP contribution < -0.4 is 4.74 Å². The molecule has 0 saturated carbocycles. The number of Topliss-reactive ketones (excluding diaryl/α,β-unsaturated/α-hetero) is 1. The maximum absolute atomic E-state index is 11.2. The minimum Gasteiger partial charge on any atom is -0.496 e. The van der Waals surface area contributed by atoms with E-state index >= 15 is 0 Å². The van der Waals surface area contributed by atoms with E-state index < -0.39 is 0 Å². The Hall–Kier alpha value is -0.830. The molecule has 0 aliphatic rings. The van der Waals surface area contributed by atoms with Gasteiger partial charge in [0.2, 0.25) is 0 Å². The zero-order chi connectivity index (χ0) is 12.0. The Morgan fingerprint density at radius 2 is 2.19 bits per heavy atom. The van der Waals surface area contributed by atoms with Crippen molar-refractivity contribution in [2.45, 2.75) is 32.6 Å². The van der Waals surface area contributed by atoms with Crippen molar-refractivity contribution in [2.75, 3.05) is 7.11 Å². The summed E-state index contributed by atoms with van der Waals surface area (Å²) < 4.78 is 6.32. The molecule has 2 nitrogen and oxygen atoms in total. The van der Waals surface area contributed by atoms with Gasteiger partial charge in [-0.2, -0.15) is 0 Å². The zero-order valence-electron chi connectivity index (χ0n) is 9.75. The zero-order valence-corrected chi connectivity index (χ0v) is 11.3. The van der Waals surface area contributed by atoms with Crippen molar-refractivity contribution in [1.82, 2.24) is 0 Å². The Balaban J connectivity index is 2.58. The van der Waals surface area contributed by atoms with E-state index in [1.807, 2.05) is 19.1 Å². The Kier molecular flexibility index (Phi) is 5.53. The van der Waals surface area contributed by atoms with E-state index in [9.17, 15) is 4.79 Å². The fourth-order valence-corrected chi connectivity index (χ4v) is 2.00. The van der Waals surface area contributed by atoms with Gasteiger partial charge in [0.05, 0.1) is 7.11 Å². The van der Waals surface area contributed by atoms with Gasteiger partial charge in [-0.15, -0.1) is 0 Å². The van der Waals surface area contributed by atoms with E-state index in [4.69, 9.17) is 4.74 Å². The standard InChI is InChI=1S/C13H17BrO2/c1-3-12(15)6-4-5-10-9-11(14)7-8-13(10)16-2/h7-9H,3-6H2,1-2H3. The van der Waals surface area contributed by atoms with Crippen molar-refractivity contribution >= 4 is 21.7 Å². The third-order valence-corrected chi connectivity index (χ3v) is 3.03. The molecule has 0 bridgehead atoms. The molecule has 0 fully saturated rings. The Morgan fingerprint density at radius 3 is 2.81 bits per heavy atom. The molecule has 16 heavy (non-hydrogen) atoms. The minimum absolute atomic E-state index is 0.328. The number of ether oxygens (including phenoxy) is 1. The Labute approximate surface area is 105 Å². The number of rotatable bonds is 6. The number of carbonyl (C=O) groups is 1. The summed E-state index contributed by atoms with van der Waals surface area (Å²) in [6.45, 7) is 1.90. The summed E-state index contributed by atoms with van der Waals surface area (Å²) in [5, 5.41) is 0. The molecule has 88 valence electrons. The van der Waals surface area contributed by atoms with E-state index in [0.29, 0.717) is 18.6 Å². The highest BCUT2D eigenvalue weighted by Gasteiger charge is 2.05. The highest BCUT2D eigenvalue weighted by atomic mass is 79.9. The van der Waals surface area contributed by atoms with Gasteiger partial charge in [-0.05, 0) is 36.6 Å². The summed E-state index contributed by atoms with van der Waals surface area (Å²) in [4.78, 5) is 11.2. The average Bonchev–Trinajstić information content (AvgIpc) is 2.29. The molecule has 0 radical (unpaired) electrons. The molecule has 0 aliphatic carbocycles. The summed E-state index contributed by atoms with van der Waals surface area (Å²) in [6.07, 6.45) is 3.07. The maximum atomic E-state index is 11.2. The van der Waals surface area contributed by atoms with E-state index in [-0.39, 0.29) is 0 Å². The maximum Gasteiger partial charge on any atom is 0.132 e. The second kappa shape index (κ2) is 6.69. The first-order valence-electron chi connectivity index (χ1n) is 5.51. The quantitative estimate of drug-likeness (QED) is 0.795. The van der Waals surface area contributed by atoms with E-state index in [0.717, 1.165) is 28.6 Å². The van der Waals surface area contributed by atoms with Crippen molar-refractivity contribution in [1.29, 1.82) is 0 Å². The molecule has 0 aromatic heterocycles. The van der Waals surface area contributed by atoms with Gasteiger partial charge in [-0.3, -0.25) is 4.79 Å². The third kappa shape index (κ3) is 3.97. The lowest BCUT2D eigenvalue weighted by Crippen LogP contribution is -1.98. The molecule has 0 aliphatic heterocycles. The Bertz CT molecular complexity index is 361. The number of hydrogen-bond donors (Lipinski definition) is 0. The molecule has 0 unspecified atom stereocenters. The Morgan fingerprint density at radius 1 is 1.44 bits per heavy atom. The highest BCUT2D eigenvalue weighted by molar-refractivity contribution is 9.10. The van der Waals surface area contributed by atoms with Gasteiger partial charge in [0.1, 0.15) is 11.5 Å². The lowest BCUT2D eigenvalue weighted by atomic mass is 10.0. The van der Waals surface area contributed by atoms with Crippen LogP contribution in [0.25, 0.3) is 0 Å². The van der Waals surface area contributed by atoms with Crippen LogP contribution in [0.4, 0.5) is 0 Å². The van der Waals surface area contributed by atoms with Gasteiger partial charge in [0.15, 0.2) is 0 Å². The van der Waals surface area contributed by atoms with Gasteiger partial charge in [-0.1, -0.05) is 22.9 Å². The predicted octanol–water partition coefficient (Wildman–Crippen LogP) is 3.76. The minimum atomic E-state index is 0.328. The van der Waals surface area contributed by atoms with Crippen LogP contribution >= 0.6 is 15.9 Å². The van der Waals surface area contributed by atoms with Crippen molar-refractivity contribution in [3.05, 3.63) is 28.2 Å². The first kappa shape index (κ1) is 13.2. The molecule has 0 heterocycles.